The van der Waals surface area contributed by atoms with Gasteiger partial charge in [0.05, 0.1) is 11.3 Å². The molecule has 0 radical (unpaired) electrons. The van der Waals surface area contributed by atoms with Gasteiger partial charge in [-0.1, -0.05) is 0 Å². The van der Waals surface area contributed by atoms with Crippen LogP contribution in [0.25, 0.3) is 5.52 Å². The third kappa shape index (κ3) is 2.94. The van der Waals surface area contributed by atoms with Crippen LogP contribution >= 0.6 is 11.8 Å². The van der Waals surface area contributed by atoms with Crippen LogP contribution in [-0.4, -0.2) is 43.9 Å². The Kier molecular flexibility index (Phi) is 3.77. The second kappa shape index (κ2) is 5.16. The van der Waals surface area contributed by atoms with E-state index in [2.05, 4.69) is 15.4 Å². The molecule has 0 saturated heterocycles. The van der Waals surface area contributed by atoms with Crippen LogP contribution in [0, 0.1) is 6.92 Å². The maximum atomic E-state index is 10.1. The number of hydrogen-bond acceptors (Lipinski definition) is 5. The van der Waals surface area contributed by atoms with E-state index in [-0.39, 0.29) is 0 Å². The zero-order chi connectivity index (χ0) is 13.2. The van der Waals surface area contributed by atoms with Crippen LogP contribution in [0.3, 0.4) is 0 Å². The number of rotatable bonds is 5. The van der Waals surface area contributed by atoms with Crippen LogP contribution in [0.4, 0.5) is 5.82 Å². The van der Waals surface area contributed by atoms with Crippen molar-refractivity contribution < 1.29 is 5.11 Å². The first kappa shape index (κ1) is 13.2. The van der Waals surface area contributed by atoms with Gasteiger partial charge in [-0.05, 0) is 26.2 Å². The molecule has 2 N–H and O–H groups in total. The number of hydrogen-bond donors (Lipinski definition) is 2. The Labute approximate surface area is 111 Å². The summed E-state index contributed by atoms with van der Waals surface area (Å²) < 4.78 is 1.79. The summed E-state index contributed by atoms with van der Waals surface area (Å²) in [7, 11) is 0. The van der Waals surface area contributed by atoms with Crippen molar-refractivity contribution in [2.24, 2.45) is 0 Å². The maximum absolute atomic E-state index is 10.1. The summed E-state index contributed by atoms with van der Waals surface area (Å²) in [4.78, 5) is 4.29. The summed E-state index contributed by atoms with van der Waals surface area (Å²) in [6.07, 6.45) is 5.49. The Balaban J connectivity index is 2.17. The van der Waals surface area contributed by atoms with Crippen molar-refractivity contribution in [3.8, 4) is 0 Å². The Morgan fingerprint density at radius 1 is 1.56 bits per heavy atom. The van der Waals surface area contributed by atoms with Crippen molar-refractivity contribution in [3.05, 3.63) is 24.2 Å². The first-order valence-electron chi connectivity index (χ1n) is 5.78. The van der Waals surface area contributed by atoms with Gasteiger partial charge in [-0.2, -0.15) is 16.9 Å². The highest BCUT2D eigenvalue weighted by Gasteiger charge is 2.19. The first-order valence-corrected chi connectivity index (χ1v) is 7.17. The third-order valence-electron chi connectivity index (χ3n) is 2.60. The summed E-state index contributed by atoms with van der Waals surface area (Å²) in [5, 5.41) is 17.6. The van der Waals surface area contributed by atoms with Gasteiger partial charge in [0, 0.05) is 24.7 Å². The van der Waals surface area contributed by atoms with Crippen molar-refractivity contribution in [1.82, 2.24) is 14.6 Å². The van der Waals surface area contributed by atoms with Crippen LogP contribution in [0.5, 0.6) is 0 Å². The molecule has 0 saturated carbocycles. The van der Waals surface area contributed by atoms with Crippen LogP contribution in [0.2, 0.25) is 0 Å². The second-order valence-electron chi connectivity index (χ2n) is 4.67. The molecule has 0 amide bonds. The maximum Gasteiger partial charge on any atom is 0.152 e. The normalized spacial score (nSPS) is 14.7. The highest BCUT2D eigenvalue weighted by atomic mass is 32.2. The monoisotopic (exact) mass is 266 g/mol. The number of anilines is 1. The molecule has 0 fully saturated rings. The minimum Gasteiger partial charge on any atom is -0.387 e. The molecular formula is C12H18N4OS. The van der Waals surface area contributed by atoms with Gasteiger partial charge in [-0.25, -0.2) is 9.50 Å². The van der Waals surface area contributed by atoms with Crippen molar-refractivity contribution in [3.63, 3.8) is 0 Å². The van der Waals surface area contributed by atoms with E-state index in [1.165, 1.54) is 0 Å². The molecular weight excluding hydrogens is 248 g/mol. The number of nitrogens with one attached hydrogen (secondary N) is 1. The van der Waals surface area contributed by atoms with E-state index < -0.39 is 5.60 Å². The van der Waals surface area contributed by atoms with E-state index in [0.717, 1.165) is 17.0 Å². The van der Waals surface area contributed by atoms with Crippen LogP contribution < -0.4 is 5.32 Å². The number of thioether (sulfide) groups is 1. The van der Waals surface area contributed by atoms with Crippen molar-refractivity contribution in [2.75, 3.05) is 23.9 Å². The number of aromatic nitrogens is 3. The summed E-state index contributed by atoms with van der Waals surface area (Å²) in [5.74, 6) is 1.43. The molecule has 0 spiro atoms. The molecule has 1 atom stereocenters. The number of nitrogens with zero attached hydrogens (tertiary/aromatic N) is 3. The molecule has 5 nitrogen and oxygen atoms in total. The zero-order valence-corrected chi connectivity index (χ0v) is 11.7. The molecule has 2 rings (SSSR count). The number of aliphatic hydroxyl groups is 1. The molecule has 1 unspecified atom stereocenters. The van der Waals surface area contributed by atoms with Gasteiger partial charge in [0.15, 0.2) is 5.82 Å². The van der Waals surface area contributed by atoms with Crippen LogP contribution in [-0.2, 0) is 0 Å². The fourth-order valence-corrected chi connectivity index (χ4v) is 2.54. The lowest BCUT2D eigenvalue weighted by molar-refractivity contribution is 0.0996. The van der Waals surface area contributed by atoms with E-state index in [0.29, 0.717) is 12.3 Å². The highest BCUT2D eigenvalue weighted by Crippen LogP contribution is 2.17. The van der Waals surface area contributed by atoms with Crippen LogP contribution in [0.1, 0.15) is 12.6 Å². The topological polar surface area (TPSA) is 62.5 Å². The van der Waals surface area contributed by atoms with Crippen molar-refractivity contribution in [2.45, 2.75) is 19.4 Å². The van der Waals surface area contributed by atoms with E-state index in [9.17, 15) is 5.11 Å². The van der Waals surface area contributed by atoms with Gasteiger partial charge in [0.1, 0.15) is 5.52 Å². The standard InChI is InChI=1S/C12H18N4OS/c1-9-6-10-11(13-4-5-16(10)15-9)14-7-12(2,17)8-18-3/h4-6,17H,7-8H2,1-3H3,(H,13,14). The molecule has 6 heteroatoms. The van der Waals surface area contributed by atoms with Gasteiger partial charge in [0.2, 0.25) is 0 Å². The van der Waals surface area contributed by atoms with Gasteiger partial charge < -0.3 is 10.4 Å². The Hall–Kier alpha value is -1.27. The molecule has 98 valence electrons. The summed E-state index contributed by atoms with van der Waals surface area (Å²) in [6, 6.07) is 1.97. The van der Waals surface area contributed by atoms with Gasteiger partial charge in [0.25, 0.3) is 0 Å². The fourth-order valence-electron chi connectivity index (χ4n) is 1.82. The SMILES string of the molecule is CSCC(C)(O)CNc1nccn2nc(C)cc12. The predicted octanol–water partition coefficient (Wildman–Crippen LogP) is 1.56. The zero-order valence-electron chi connectivity index (χ0n) is 10.8. The fraction of sp³-hybridized carbons (Fsp3) is 0.500. The predicted molar refractivity (Wildman–Crippen MR) is 75.2 cm³/mol. The third-order valence-corrected chi connectivity index (χ3v) is 3.51. The molecule has 0 aliphatic carbocycles. The Morgan fingerprint density at radius 2 is 2.33 bits per heavy atom. The van der Waals surface area contributed by atoms with E-state index in [1.807, 2.05) is 32.4 Å². The van der Waals surface area contributed by atoms with Crippen molar-refractivity contribution >= 4 is 23.1 Å². The first-order chi connectivity index (χ1) is 8.52. The minimum atomic E-state index is -0.747. The lowest BCUT2D eigenvalue weighted by Crippen LogP contribution is -2.36. The molecule has 2 aromatic heterocycles. The van der Waals surface area contributed by atoms with Gasteiger partial charge >= 0.3 is 0 Å². The lowest BCUT2D eigenvalue weighted by Gasteiger charge is -2.22. The molecule has 18 heavy (non-hydrogen) atoms. The summed E-state index contributed by atoms with van der Waals surface area (Å²) in [6.45, 7) is 4.23. The second-order valence-corrected chi connectivity index (χ2v) is 5.54. The average molecular weight is 266 g/mol. The van der Waals surface area contributed by atoms with Gasteiger partial charge in [-0.15, -0.1) is 0 Å². The molecule has 2 aromatic rings. The van der Waals surface area contributed by atoms with Crippen molar-refractivity contribution in [1.29, 1.82) is 0 Å². The van der Waals surface area contributed by atoms with E-state index in [1.54, 1.807) is 22.5 Å². The molecule has 0 bridgehead atoms. The van der Waals surface area contributed by atoms with Gasteiger partial charge in [-0.3, -0.25) is 0 Å². The average Bonchev–Trinajstić information content (AvgIpc) is 2.67. The molecule has 0 aliphatic rings. The van der Waals surface area contributed by atoms with E-state index >= 15 is 0 Å². The Bertz CT molecular complexity index is 538. The minimum absolute atomic E-state index is 0.463. The Morgan fingerprint density at radius 3 is 3.06 bits per heavy atom. The number of aryl methyl sites for hydroxylation is 1. The summed E-state index contributed by atoms with van der Waals surface area (Å²) in [5.41, 5.74) is 1.13. The van der Waals surface area contributed by atoms with E-state index in [4.69, 9.17) is 0 Å². The molecule has 0 aromatic carbocycles. The largest absolute Gasteiger partial charge is 0.387 e. The smallest absolute Gasteiger partial charge is 0.152 e. The quantitative estimate of drug-likeness (QED) is 0.860. The number of fused-ring (bicyclic) bond motifs is 1. The molecule has 0 aliphatic heterocycles. The van der Waals surface area contributed by atoms with Crippen LogP contribution in [0.15, 0.2) is 18.5 Å². The highest BCUT2D eigenvalue weighted by molar-refractivity contribution is 7.98. The summed E-state index contributed by atoms with van der Waals surface area (Å²) >= 11 is 1.62. The lowest BCUT2D eigenvalue weighted by atomic mass is 10.1. The molecule has 2 heterocycles.